The highest BCUT2D eigenvalue weighted by molar-refractivity contribution is 5.79. The Labute approximate surface area is 157 Å². The third kappa shape index (κ3) is 8.54. The summed E-state index contributed by atoms with van der Waals surface area (Å²) in [5, 5.41) is 6.56. The van der Waals surface area contributed by atoms with Crippen molar-refractivity contribution in [2.45, 2.75) is 26.2 Å². The average Bonchev–Trinajstić information content (AvgIpc) is 2.67. The summed E-state index contributed by atoms with van der Waals surface area (Å²) in [6.45, 7) is 7.59. The van der Waals surface area contributed by atoms with Crippen LogP contribution in [0.15, 0.2) is 29.3 Å². The molecule has 1 aromatic carbocycles. The largest absolute Gasteiger partial charge is 0.492 e. The van der Waals surface area contributed by atoms with Crippen molar-refractivity contribution in [1.82, 2.24) is 10.6 Å². The van der Waals surface area contributed by atoms with Crippen molar-refractivity contribution in [1.29, 1.82) is 0 Å². The normalized spacial score (nSPS) is 15.7. The fourth-order valence-corrected chi connectivity index (χ4v) is 2.81. The van der Waals surface area contributed by atoms with Crippen molar-refractivity contribution in [2.24, 2.45) is 10.9 Å². The molecule has 0 saturated carbocycles. The predicted octanol–water partition coefficient (Wildman–Crippen LogP) is 2.37. The lowest BCUT2D eigenvalue weighted by molar-refractivity contribution is 0.0203. The Kier molecular flexibility index (Phi) is 9.90. The predicted molar refractivity (Wildman–Crippen MR) is 105 cm³/mol. The molecule has 2 N–H and O–H groups in total. The summed E-state index contributed by atoms with van der Waals surface area (Å²) in [5.74, 6) is 2.36. The molecule has 26 heavy (non-hydrogen) atoms. The van der Waals surface area contributed by atoms with Crippen molar-refractivity contribution < 1.29 is 14.2 Å². The molecular formula is C20H33N3O3. The molecule has 0 amide bonds. The van der Waals surface area contributed by atoms with Gasteiger partial charge < -0.3 is 24.8 Å². The fourth-order valence-electron chi connectivity index (χ4n) is 2.81. The number of aliphatic imine (C=N–C) groups is 1. The molecule has 1 saturated heterocycles. The van der Waals surface area contributed by atoms with E-state index in [1.165, 1.54) is 5.56 Å². The van der Waals surface area contributed by atoms with Crippen LogP contribution in [0.2, 0.25) is 0 Å². The summed E-state index contributed by atoms with van der Waals surface area (Å²) < 4.78 is 16.9. The Hall–Kier alpha value is -1.79. The first kappa shape index (κ1) is 20.5. The molecule has 1 heterocycles. The Bertz CT molecular complexity index is 531. The highest BCUT2D eigenvalue weighted by Crippen LogP contribution is 2.14. The Morgan fingerprint density at radius 3 is 2.77 bits per heavy atom. The summed E-state index contributed by atoms with van der Waals surface area (Å²) >= 11 is 0. The van der Waals surface area contributed by atoms with Gasteiger partial charge in [-0.05, 0) is 49.8 Å². The molecule has 1 aromatic rings. The molecular weight excluding hydrogens is 330 g/mol. The van der Waals surface area contributed by atoms with Gasteiger partial charge in [0.05, 0.1) is 6.54 Å². The van der Waals surface area contributed by atoms with Crippen LogP contribution in [-0.2, 0) is 9.47 Å². The van der Waals surface area contributed by atoms with Crippen LogP contribution in [0.25, 0.3) is 0 Å². The van der Waals surface area contributed by atoms with Gasteiger partial charge in [0.2, 0.25) is 0 Å². The van der Waals surface area contributed by atoms with Gasteiger partial charge in [-0.1, -0.05) is 12.1 Å². The summed E-state index contributed by atoms with van der Waals surface area (Å²) in [5.41, 5.74) is 1.20. The molecule has 1 aliphatic rings. The summed E-state index contributed by atoms with van der Waals surface area (Å²) in [7, 11) is 1.78. The van der Waals surface area contributed by atoms with E-state index in [-0.39, 0.29) is 0 Å². The minimum absolute atomic E-state index is 0.596. The zero-order valence-corrected chi connectivity index (χ0v) is 16.1. The maximum absolute atomic E-state index is 5.77. The second-order valence-corrected chi connectivity index (χ2v) is 6.57. The molecule has 0 aromatic heterocycles. The van der Waals surface area contributed by atoms with Crippen LogP contribution in [-0.4, -0.2) is 59.1 Å². The topological polar surface area (TPSA) is 64.1 Å². The van der Waals surface area contributed by atoms with Crippen LogP contribution in [0, 0.1) is 12.8 Å². The minimum atomic E-state index is 0.596. The van der Waals surface area contributed by atoms with Crippen molar-refractivity contribution in [2.75, 3.05) is 53.2 Å². The van der Waals surface area contributed by atoms with Crippen molar-refractivity contribution in [3.8, 4) is 5.75 Å². The SMILES string of the molecule is CN=C(NCCCOCC1CCOCC1)NCCOc1cccc(C)c1. The van der Waals surface area contributed by atoms with E-state index in [2.05, 4.69) is 28.6 Å². The lowest BCUT2D eigenvalue weighted by Gasteiger charge is -2.21. The molecule has 0 spiro atoms. The van der Waals surface area contributed by atoms with Gasteiger partial charge in [0.15, 0.2) is 5.96 Å². The molecule has 0 bridgehead atoms. The van der Waals surface area contributed by atoms with Gasteiger partial charge in [-0.15, -0.1) is 0 Å². The van der Waals surface area contributed by atoms with Gasteiger partial charge in [0.25, 0.3) is 0 Å². The number of aryl methyl sites for hydroxylation is 1. The second kappa shape index (κ2) is 12.5. The maximum atomic E-state index is 5.77. The summed E-state index contributed by atoms with van der Waals surface area (Å²) in [4.78, 5) is 4.22. The molecule has 0 unspecified atom stereocenters. The molecule has 0 radical (unpaired) electrons. The standard InChI is InChI=1S/C20H33N3O3/c1-17-5-3-6-19(15-17)26-14-10-23-20(21-2)22-9-4-11-25-16-18-7-12-24-13-8-18/h3,5-6,15,18H,4,7-14,16H2,1-2H3,(H2,21,22,23). The van der Waals surface area contributed by atoms with Crippen LogP contribution in [0.4, 0.5) is 0 Å². The molecule has 0 atom stereocenters. The molecule has 0 aliphatic carbocycles. The number of ether oxygens (including phenoxy) is 3. The Morgan fingerprint density at radius 2 is 2.00 bits per heavy atom. The van der Waals surface area contributed by atoms with Gasteiger partial charge >= 0.3 is 0 Å². The Morgan fingerprint density at radius 1 is 1.19 bits per heavy atom. The van der Waals surface area contributed by atoms with E-state index < -0.39 is 0 Å². The van der Waals surface area contributed by atoms with E-state index in [0.29, 0.717) is 19.1 Å². The van der Waals surface area contributed by atoms with Gasteiger partial charge in [0, 0.05) is 40.0 Å². The number of benzene rings is 1. The van der Waals surface area contributed by atoms with Gasteiger partial charge in [-0.25, -0.2) is 0 Å². The van der Waals surface area contributed by atoms with Crippen LogP contribution in [0.5, 0.6) is 5.75 Å². The van der Waals surface area contributed by atoms with Crippen molar-refractivity contribution >= 4 is 5.96 Å². The van der Waals surface area contributed by atoms with E-state index in [1.54, 1.807) is 7.05 Å². The number of rotatable bonds is 10. The third-order valence-electron chi connectivity index (χ3n) is 4.33. The Balaban J connectivity index is 1.47. The number of nitrogens with one attached hydrogen (secondary N) is 2. The molecule has 6 nitrogen and oxygen atoms in total. The molecule has 6 heteroatoms. The zero-order chi connectivity index (χ0) is 18.5. The van der Waals surface area contributed by atoms with Crippen LogP contribution < -0.4 is 15.4 Å². The number of hydrogen-bond acceptors (Lipinski definition) is 4. The first-order valence-corrected chi connectivity index (χ1v) is 9.57. The van der Waals surface area contributed by atoms with Gasteiger partial charge in [-0.3, -0.25) is 4.99 Å². The van der Waals surface area contributed by atoms with E-state index in [1.807, 2.05) is 18.2 Å². The van der Waals surface area contributed by atoms with Gasteiger partial charge in [-0.2, -0.15) is 0 Å². The minimum Gasteiger partial charge on any atom is -0.492 e. The van der Waals surface area contributed by atoms with E-state index in [9.17, 15) is 0 Å². The van der Waals surface area contributed by atoms with E-state index in [4.69, 9.17) is 14.2 Å². The zero-order valence-electron chi connectivity index (χ0n) is 16.1. The highest BCUT2D eigenvalue weighted by atomic mass is 16.5. The monoisotopic (exact) mass is 363 g/mol. The lowest BCUT2D eigenvalue weighted by Crippen LogP contribution is -2.39. The van der Waals surface area contributed by atoms with Crippen molar-refractivity contribution in [3.05, 3.63) is 29.8 Å². The number of hydrogen-bond donors (Lipinski definition) is 2. The molecule has 146 valence electrons. The molecule has 2 rings (SSSR count). The van der Waals surface area contributed by atoms with Crippen LogP contribution >= 0.6 is 0 Å². The number of nitrogens with zero attached hydrogens (tertiary/aromatic N) is 1. The summed E-state index contributed by atoms with van der Waals surface area (Å²) in [6.07, 6.45) is 3.21. The van der Waals surface area contributed by atoms with Crippen LogP contribution in [0.3, 0.4) is 0 Å². The number of guanidine groups is 1. The molecule has 1 aliphatic heterocycles. The van der Waals surface area contributed by atoms with E-state index in [0.717, 1.165) is 63.9 Å². The van der Waals surface area contributed by atoms with Crippen molar-refractivity contribution in [3.63, 3.8) is 0 Å². The van der Waals surface area contributed by atoms with Gasteiger partial charge in [0.1, 0.15) is 12.4 Å². The average molecular weight is 364 g/mol. The third-order valence-corrected chi connectivity index (χ3v) is 4.33. The van der Waals surface area contributed by atoms with Crippen LogP contribution in [0.1, 0.15) is 24.8 Å². The maximum Gasteiger partial charge on any atom is 0.191 e. The second-order valence-electron chi connectivity index (χ2n) is 6.57. The lowest BCUT2D eigenvalue weighted by atomic mass is 10.0. The smallest absolute Gasteiger partial charge is 0.191 e. The first-order valence-electron chi connectivity index (χ1n) is 9.57. The quantitative estimate of drug-likeness (QED) is 0.380. The first-order chi connectivity index (χ1) is 12.8. The molecule has 1 fully saturated rings. The van der Waals surface area contributed by atoms with E-state index >= 15 is 0 Å². The summed E-state index contributed by atoms with van der Waals surface area (Å²) in [6, 6.07) is 8.07. The fraction of sp³-hybridized carbons (Fsp3) is 0.650. The highest BCUT2D eigenvalue weighted by Gasteiger charge is 2.13.